The summed E-state index contributed by atoms with van der Waals surface area (Å²) in [4.78, 5) is 17.2. The van der Waals surface area contributed by atoms with Crippen molar-refractivity contribution >= 4 is 0 Å². The molecule has 0 saturated carbocycles. The van der Waals surface area contributed by atoms with Crippen LogP contribution in [0.2, 0.25) is 0 Å². The van der Waals surface area contributed by atoms with Gasteiger partial charge >= 0.3 is 0 Å². The summed E-state index contributed by atoms with van der Waals surface area (Å²) in [6.07, 6.45) is 4.70. The van der Waals surface area contributed by atoms with E-state index in [2.05, 4.69) is 15.1 Å². The van der Waals surface area contributed by atoms with Gasteiger partial charge < -0.3 is 4.98 Å². The molecular weight excluding hydrogens is 156 g/mol. The number of hydrogen-bond acceptors (Lipinski definition) is 3. The van der Waals surface area contributed by atoms with E-state index >= 15 is 0 Å². The molecule has 0 saturated heterocycles. The van der Waals surface area contributed by atoms with E-state index in [1.165, 1.54) is 17.1 Å². The molecule has 0 spiro atoms. The molecule has 12 heavy (non-hydrogen) atoms. The molecule has 5 heteroatoms. The normalized spacial score (nSPS) is 10.0. The molecule has 2 rings (SSSR count). The second-order valence-electron chi connectivity index (χ2n) is 2.22. The number of aromatic nitrogens is 4. The van der Waals surface area contributed by atoms with E-state index in [0.29, 0.717) is 5.82 Å². The Bertz CT molecular complexity index is 417. The first kappa shape index (κ1) is 6.78. The summed E-state index contributed by atoms with van der Waals surface area (Å²) >= 11 is 0. The highest BCUT2D eigenvalue weighted by Crippen LogP contribution is 1.94. The number of rotatable bonds is 1. The lowest BCUT2D eigenvalue weighted by Crippen LogP contribution is -2.08. The molecule has 0 atom stereocenters. The summed E-state index contributed by atoms with van der Waals surface area (Å²) < 4.78 is 1.52. The van der Waals surface area contributed by atoms with Gasteiger partial charge in [-0.05, 0) is 6.07 Å². The molecule has 2 heterocycles. The van der Waals surface area contributed by atoms with Crippen molar-refractivity contribution in [2.45, 2.75) is 0 Å². The van der Waals surface area contributed by atoms with Crippen molar-refractivity contribution < 1.29 is 0 Å². The lowest BCUT2D eigenvalue weighted by atomic mass is 10.6. The van der Waals surface area contributed by atoms with E-state index < -0.39 is 0 Å². The van der Waals surface area contributed by atoms with Crippen LogP contribution in [0.1, 0.15) is 0 Å². The zero-order valence-electron chi connectivity index (χ0n) is 6.14. The molecule has 0 radical (unpaired) electrons. The van der Waals surface area contributed by atoms with Crippen LogP contribution in [0, 0.1) is 0 Å². The van der Waals surface area contributed by atoms with E-state index in [9.17, 15) is 4.79 Å². The van der Waals surface area contributed by atoms with E-state index in [4.69, 9.17) is 0 Å². The van der Waals surface area contributed by atoms with Crippen molar-refractivity contribution in [2.24, 2.45) is 0 Å². The smallest absolute Gasteiger partial charge is 0.252 e. The summed E-state index contributed by atoms with van der Waals surface area (Å²) in [6, 6.07) is 3.15. The Hall–Kier alpha value is -1.91. The van der Waals surface area contributed by atoms with Crippen molar-refractivity contribution in [3.8, 4) is 5.82 Å². The van der Waals surface area contributed by atoms with Gasteiger partial charge in [0.2, 0.25) is 0 Å². The SMILES string of the molecule is O=c1cc(-n2cccn2)nc[nH]1. The number of hydrogen-bond donors (Lipinski definition) is 1. The molecule has 0 aliphatic rings. The van der Waals surface area contributed by atoms with Crippen LogP contribution in [-0.2, 0) is 0 Å². The third kappa shape index (κ3) is 1.12. The fourth-order valence-electron chi connectivity index (χ4n) is 0.888. The van der Waals surface area contributed by atoms with Crippen LogP contribution < -0.4 is 5.56 Å². The van der Waals surface area contributed by atoms with Crippen LogP contribution in [-0.4, -0.2) is 19.7 Å². The Kier molecular flexibility index (Phi) is 1.48. The standard InChI is InChI=1S/C7H6N4O/c12-7-4-6(8-5-9-7)11-3-1-2-10-11/h1-5H,(H,8,9,12). The van der Waals surface area contributed by atoms with Gasteiger partial charge in [0.1, 0.15) is 0 Å². The van der Waals surface area contributed by atoms with Gasteiger partial charge in [-0.15, -0.1) is 0 Å². The molecule has 0 bridgehead atoms. The number of aromatic amines is 1. The van der Waals surface area contributed by atoms with Crippen LogP contribution in [0.3, 0.4) is 0 Å². The van der Waals surface area contributed by atoms with Gasteiger partial charge in [0.15, 0.2) is 5.82 Å². The molecule has 2 aromatic heterocycles. The van der Waals surface area contributed by atoms with Crippen molar-refractivity contribution in [1.82, 2.24) is 19.7 Å². The highest BCUT2D eigenvalue weighted by Gasteiger charge is 1.95. The van der Waals surface area contributed by atoms with Crippen LogP contribution >= 0.6 is 0 Å². The molecule has 0 unspecified atom stereocenters. The summed E-state index contributed by atoms with van der Waals surface area (Å²) in [6.45, 7) is 0. The summed E-state index contributed by atoms with van der Waals surface area (Å²) in [5.74, 6) is 0.517. The average Bonchev–Trinajstić information content (AvgIpc) is 2.56. The summed E-state index contributed by atoms with van der Waals surface area (Å²) in [7, 11) is 0. The van der Waals surface area contributed by atoms with Gasteiger partial charge in [0, 0.05) is 18.5 Å². The zero-order chi connectivity index (χ0) is 8.39. The molecule has 0 amide bonds. The van der Waals surface area contributed by atoms with Gasteiger partial charge in [0.05, 0.1) is 6.33 Å². The van der Waals surface area contributed by atoms with Crippen molar-refractivity contribution in [3.05, 3.63) is 41.2 Å². The minimum absolute atomic E-state index is 0.185. The molecule has 1 N–H and O–H groups in total. The van der Waals surface area contributed by atoms with Gasteiger partial charge in [-0.2, -0.15) is 5.10 Å². The van der Waals surface area contributed by atoms with E-state index in [-0.39, 0.29) is 5.56 Å². The predicted octanol–water partition coefficient (Wildman–Crippen LogP) is -0.0444. The average molecular weight is 162 g/mol. The molecule has 0 aliphatic heterocycles. The van der Waals surface area contributed by atoms with Crippen LogP contribution in [0.15, 0.2) is 35.6 Å². The molecule has 60 valence electrons. The highest BCUT2D eigenvalue weighted by molar-refractivity contribution is 5.16. The third-order valence-electron chi connectivity index (χ3n) is 1.40. The molecule has 2 aromatic rings. The second-order valence-corrected chi connectivity index (χ2v) is 2.22. The number of H-pyrrole nitrogens is 1. The van der Waals surface area contributed by atoms with E-state index in [0.717, 1.165) is 0 Å². The Morgan fingerprint density at radius 1 is 1.50 bits per heavy atom. The van der Waals surface area contributed by atoms with Gasteiger partial charge in [0.25, 0.3) is 5.56 Å². The van der Waals surface area contributed by atoms with Gasteiger partial charge in [-0.25, -0.2) is 9.67 Å². The first-order chi connectivity index (χ1) is 5.86. The maximum atomic E-state index is 10.8. The molecule has 0 fully saturated rings. The Labute approximate surface area is 67.7 Å². The summed E-state index contributed by atoms with van der Waals surface area (Å²) in [5, 5.41) is 3.93. The minimum atomic E-state index is -0.185. The first-order valence-electron chi connectivity index (χ1n) is 3.41. The largest absolute Gasteiger partial charge is 0.313 e. The van der Waals surface area contributed by atoms with Gasteiger partial charge in [-0.1, -0.05) is 0 Å². The number of nitrogens with one attached hydrogen (secondary N) is 1. The number of nitrogens with zero attached hydrogens (tertiary/aromatic N) is 3. The maximum absolute atomic E-state index is 10.8. The topological polar surface area (TPSA) is 63.6 Å². The van der Waals surface area contributed by atoms with Crippen LogP contribution in [0.25, 0.3) is 5.82 Å². The second kappa shape index (κ2) is 2.61. The van der Waals surface area contributed by atoms with Crippen molar-refractivity contribution in [2.75, 3.05) is 0 Å². The Balaban J connectivity index is 2.55. The van der Waals surface area contributed by atoms with E-state index in [1.54, 1.807) is 18.5 Å². The highest BCUT2D eigenvalue weighted by atomic mass is 16.1. The Morgan fingerprint density at radius 2 is 2.42 bits per heavy atom. The van der Waals surface area contributed by atoms with E-state index in [1.807, 2.05) is 0 Å². The fraction of sp³-hybridized carbons (Fsp3) is 0. The first-order valence-corrected chi connectivity index (χ1v) is 3.41. The molecule has 0 aromatic carbocycles. The lowest BCUT2D eigenvalue weighted by molar-refractivity contribution is 0.835. The van der Waals surface area contributed by atoms with Crippen LogP contribution in [0.5, 0.6) is 0 Å². The molecule has 0 aliphatic carbocycles. The predicted molar refractivity (Wildman–Crippen MR) is 42.0 cm³/mol. The maximum Gasteiger partial charge on any atom is 0.252 e. The monoisotopic (exact) mass is 162 g/mol. The molecule has 5 nitrogen and oxygen atoms in total. The minimum Gasteiger partial charge on any atom is -0.313 e. The quantitative estimate of drug-likeness (QED) is 0.639. The Morgan fingerprint density at radius 3 is 3.08 bits per heavy atom. The summed E-state index contributed by atoms with van der Waals surface area (Å²) in [5.41, 5.74) is -0.185. The third-order valence-corrected chi connectivity index (χ3v) is 1.40. The van der Waals surface area contributed by atoms with Gasteiger partial charge in [-0.3, -0.25) is 4.79 Å². The fourth-order valence-corrected chi connectivity index (χ4v) is 0.888. The zero-order valence-corrected chi connectivity index (χ0v) is 6.14. The molecular formula is C7H6N4O. The lowest BCUT2D eigenvalue weighted by Gasteiger charge is -1.96. The van der Waals surface area contributed by atoms with Crippen LogP contribution in [0.4, 0.5) is 0 Å². The van der Waals surface area contributed by atoms with Crippen molar-refractivity contribution in [3.63, 3.8) is 0 Å². The van der Waals surface area contributed by atoms with Crippen molar-refractivity contribution in [1.29, 1.82) is 0 Å².